The first-order valence-corrected chi connectivity index (χ1v) is 7.36. The van der Waals surface area contributed by atoms with E-state index >= 15 is 0 Å². The van der Waals surface area contributed by atoms with Crippen molar-refractivity contribution >= 4 is 11.7 Å². The molecular weight excluding hydrogens is 252 g/mol. The van der Waals surface area contributed by atoms with E-state index < -0.39 is 0 Å². The molecule has 20 heavy (non-hydrogen) atoms. The molecule has 0 saturated carbocycles. The maximum Gasteiger partial charge on any atom is 0.251 e. The van der Waals surface area contributed by atoms with Gasteiger partial charge in [-0.15, -0.1) is 0 Å². The summed E-state index contributed by atoms with van der Waals surface area (Å²) in [4.78, 5) is 18.8. The molecule has 0 atom stereocenters. The molecule has 3 N–H and O–H groups in total. The van der Waals surface area contributed by atoms with Gasteiger partial charge in [-0.05, 0) is 44.9 Å². The Labute approximate surface area is 120 Å². The molecule has 1 aromatic heterocycles. The van der Waals surface area contributed by atoms with Crippen LogP contribution in [0.1, 0.15) is 42.2 Å². The molecule has 0 radical (unpaired) electrons. The summed E-state index contributed by atoms with van der Waals surface area (Å²) in [5.41, 5.74) is 7.06. The fourth-order valence-electron chi connectivity index (χ4n) is 2.71. The molecule has 1 fully saturated rings. The van der Waals surface area contributed by atoms with Crippen molar-refractivity contribution in [2.24, 2.45) is 0 Å². The minimum Gasteiger partial charge on any atom is -0.384 e. The van der Waals surface area contributed by atoms with Gasteiger partial charge in [0.2, 0.25) is 0 Å². The van der Waals surface area contributed by atoms with Crippen molar-refractivity contribution in [1.82, 2.24) is 15.2 Å². The number of carbonyl (C=O) groups excluding carboxylic acids is 1. The number of hydrogen-bond acceptors (Lipinski definition) is 4. The van der Waals surface area contributed by atoms with Crippen LogP contribution in [0.2, 0.25) is 0 Å². The Morgan fingerprint density at radius 3 is 2.75 bits per heavy atom. The van der Waals surface area contributed by atoms with Crippen LogP contribution in [0.3, 0.4) is 0 Å². The Morgan fingerprint density at radius 2 is 2.15 bits per heavy atom. The third-order valence-electron chi connectivity index (χ3n) is 3.70. The largest absolute Gasteiger partial charge is 0.384 e. The van der Waals surface area contributed by atoms with E-state index in [9.17, 15) is 4.79 Å². The number of amides is 1. The first-order valence-electron chi connectivity index (χ1n) is 7.36. The number of pyridine rings is 1. The molecule has 0 spiro atoms. The zero-order chi connectivity index (χ0) is 14.5. The van der Waals surface area contributed by atoms with E-state index in [1.807, 2.05) is 6.92 Å². The highest BCUT2D eigenvalue weighted by atomic mass is 16.1. The first-order chi connectivity index (χ1) is 9.58. The van der Waals surface area contributed by atoms with Crippen molar-refractivity contribution in [3.8, 4) is 0 Å². The van der Waals surface area contributed by atoms with Crippen LogP contribution in [0.5, 0.6) is 0 Å². The van der Waals surface area contributed by atoms with Crippen LogP contribution in [-0.2, 0) is 0 Å². The van der Waals surface area contributed by atoms with Crippen molar-refractivity contribution < 1.29 is 4.79 Å². The molecule has 5 heteroatoms. The smallest absolute Gasteiger partial charge is 0.251 e. The average molecular weight is 276 g/mol. The lowest BCUT2D eigenvalue weighted by molar-refractivity contribution is 0.0911. The number of nitrogen functional groups attached to an aromatic ring is 1. The molecule has 1 saturated heterocycles. The summed E-state index contributed by atoms with van der Waals surface area (Å²) in [6, 6.07) is 3.68. The highest BCUT2D eigenvalue weighted by molar-refractivity contribution is 5.95. The molecule has 1 aliphatic rings. The normalized spacial score (nSPS) is 17.1. The minimum absolute atomic E-state index is 0.0452. The molecule has 0 aliphatic carbocycles. The first kappa shape index (κ1) is 14.8. The SMILES string of the molecule is CCCN1CCC(NC(=O)c2cc(C)nc(N)c2)CC1. The number of likely N-dealkylation sites (tertiary alicyclic amines) is 1. The summed E-state index contributed by atoms with van der Waals surface area (Å²) in [7, 11) is 0. The number of aryl methyl sites for hydroxylation is 1. The Hall–Kier alpha value is -1.62. The predicted molar refractivity (Wildman–Crippen MR) is 80.6 cm³/mol. The van der Waals surface area contributed by atoms with Gasteiger partial charge in [0, 0.05) is 30.4 Å². The zero-order valence-corrected chi connectivity index (χ0v) is 12.4. The standard InChI is InChI=1S/C15H24N4O/c1-3-6-19-7-4-13(5-8-19)18-15(20)12-9-11(2)17-14(16)10-12/h9-10,13H,3-8H2,1-2H3,(H2,16,17)(H,18,20). The summed E-state index contributed by atoms with van der Waals surface area (Å²) in [6.07, 6.45) is 3.23. The molecule has 2 heterocycles. The maximum atomic E-state index is 12.2. The number of hydrogen-bond donors (Lipinski definition) is 2. The maximum absolute atomic E-state index is 12.2. The quantitative estimate of drug-likeness (QED) is 0.876. The number of piperidine rings is 1. The summed E-state index contributed by atoms with van der Waals surface area (Å²) in [5, 5.41) is 3.10. The second kappa shape index (κ2) is 6.70. The van der Waals surface area contributed by atoms with E-state index in [-0.39, 0.29) is 11.9 Å². The monoisotopic (exact) mass is 276 g/mol. The fraction of sp³-hybridized carbons (Fsp3) is 0.600. The second-order valence-electron chi connectivity index (χ2n) is 5.51. The van der Waals surface area contributed by atoms with Gasteiger partial charge < -0.3 is 16.0 Å². The van der Waals surface area contributed by atoms with Crippen molar-refractivity contribution in [3.05, 3.63) is 23.4 Å². The molecule has 0 unspecified atom stereocenters. The summed E-state index contributed by atoms with van der Waals surface area (Å²) >= 11 is 0. The lowest BCUT2D eigenvalue weighted by Crippen LogP contribution is -2.44. The number of carbonyl (C=O) groups is 1. The van der Waals surface area contributed by atoms with Crippen LogP contribution < -0.4 is 11.1 Å². The minimum atomic E-state index is -0.0452. The number of nitrogens with two attached hydrogens (primary N) is 1. The van der Waals surface area contributed by atoms with Crippen LogP contribution in [0, 0.1) is 6.92 Å². The van der Waals surface area contributed by atoms with Crippen molar-refractivity contribution in [2.45, 2.75) is 39.2 Å². The number of rotatable bonds is 4. The molecule has 5 nitrogen and oxygen atoms in total. The fourth-order valence-corrected chi connectivity index (χ4v) is 2.71. The molecule has 0 aromatic carbocycles. The average Bonchev–Trinajstić information content (AvgIpc) is 2.40. The third-order valence-corrected chi connectivity index (χ3v) is 3.70. The van der Waals surface area contributed by atoms with Crippen LogP contribution in [0.15, 0.2) is 12.1 Å². The highest BCUT2D eigenvalue weighted by Gasteiger charge is 2.20. The van der Waals surface area contributed by atoms with Gasteiger partial charge in [0.1, 0.15) is 5.82 Å². The molecular formula is C15H24N4O. The van der Waals surface area contributed by atoms with Gasteiger partial charge >= 0.3 is 0 Å². The van der Waals surface area contributed by atoms with E-state index in [2.05, 4.69) is 22.1 Å². The third kappa shape index (κ3) is 3.93. The van der Waals surface area contributed by atoms with E-state index in [0.29, 0.717) is 11.4 Å². The van der Waals surface area contributed by atoms with Crippen molar-refractivity contribution in [2.75, 3.05) is 25.4 Å². The van der Waals surface area contributed by atoms with Gasteiger partial charge in [-0.25, -0.2) is 4.98 Å². The number of aromatic nitrogens is 1. The van der Waals surface area contributed by atoms with Gasteiger partial charge in [0.25, 0.3) is 5.91 Å². The number of anilines is 1. The van der Waals surface area contributed by atoms with Gasteiger partial charge in [0.15, 0.2) is 0 Å². The highest BCUT2D eigenvalue weighted by Crippen LogP contribution is 2.12. The zero-order valence-electron chi connectivity index (χ0n) is 12.4. The number of nitrogens with zero attached hydrogens (tertiary/aromatic N) is 2. The summed E-state index contributed by atoms with van der Waals surface area (Å²) < 4.78 is 0. The number of nitrogens with one attached hydrogen (secondary N) is 1. The molecule has 1 aliphatic heterocycles. The Balaban J connectivity index is 1.89. The predicted octanol–water partition coefficient (Wildman–Crippen LogP) is 1.58. The molecule has 1 amide bonds. The van der Waals surface area contributed by atoms with Crippen LogP contribution >= 0.6 is 0 Å². The van der Waals surface area contributed by atoms with E-state index in [1.54, 1.807) is 12.1 Å². The van der Waals surface area contributed by atoms with Crippen molar-refractivity contribution in [3.63, 3.8) is 0 Å². The van der Waals surface area contributed by atoms with E-state index in [0.717, 1.165) is 38.2 Å². The Bertz CT molecular complexity index is 447. The topological polar surface area (TPSA) is 71.2 Å². The van der Waals surface area contributed by atoms with E-state index in [1.165, 1.54) is 6.42 Å². The molecule has 2 rings (SSSR count). The van der Waals surface area contributed by atoms with Crippen LogP contribution in [-0.4, -0.2) is 41.5 Å². The second-order valence-corrected chi connectivity index (χ2v) is 5.51. The lowest BCUT2D eigenvalue weighted by Gasteiger charge is -2.32. The molecule has 0 bridgehead atoms. The van der Waals surface area contributed by atoms with Crippen LogP contribution in [0.4, 0.5) is 5.82 Å². The van der Waals surface area contributed by atoms with Gasteiger partial charge in [-0.1, -0.05) is 6.92 Å². The van der Waals surface area contributed by atoms with Gasteiger partial charge in [-0.2, -0.15) is 0 Å². The summed E-state index contributed by atoms with van der Waals surface area (Å²) in [6.45, 7) is 7.33. The van der Waals surface area contributed by atoms with Gasteiger partial charge in [0.05, 0.1) is 0 Å². The Kier molecular flexibility index (Phi) is 4.95. The van der Waals surface area contributed by atoms with Crippen LogP contribution in [0.25, 0.3) is 0 Å². The van der Waals surface area contributed by atoms with Crippen molar-refractivity contribution in [1.29, 1.82) is 0 Å². The van der Waals surface area contributed by atoms with E-state index in [4.69, 9.17) is 5.73 Å². The molecule has 1 aromatic rings. The lowest BCUT2D eigenvalue weighted by atomic mass is 10.0. The molecule has 110 valence electrons. The summed E-state index contributed by atoms with van der Waals surface area (Å²) in [5.74, 6) is 0.351. The van der Waals surface area contributed by atoms with Gasteiger partial charge in [-0.3, -0.25) is 4.79 Å². The Morgan fingerprint density at radius 1 is 1.45 bits per heavy atom.